The van der Waals surface area contributed by atoms with Crippen molar-refractivity contribution in [2.75, 3.05) is 5.73 Å². The molecular weight excluding hydrogens is 249 g/mol. The van der Waals surface area contributed by atoms with E-state index in [2.05, 4.69) is 0 Å². The number of hydrogen-bond donors (Lipinski definition) is 3. The summed E-state index contributed by atoms with van der Waals surface area (Å²) in [4.78, 5) is 10.1. The molecule has 1 aromatic rings. The lowest BCUT2D eigenvalue weighted by molar-refractivity contribution is -0.119. The van der Waals surface area contributed by atoms with Gasteiger partial charge >= 0.3 is 0 Å². The normalized spacial score (nSPS) is 13.3. The summed E-state index contributed by atoms with van der Waals surface area (Å²) in [5, 5.41) is 0. The molecule has 1 amide bonds. The molecule has 1 aromatic carbocycles. The number of carbonyl (C=O) groups excluding carboxylic acids is 1. The first-order chi connectivity index (χ1) is 7.74. The van der Waals surface area contributed by atoms with E-state index in [0.29, 0.717) is 0 Å². The van der Waals surface area contributed by atoms with Crippen molar-refractivity contribution in [2.45, 2.75) is 17.9 Å². The van der Waals surface area contributed by atoms with Gasteiger partial charge in [-0.15, -0.1) is 0 Å². The van der Waals surface area contributed by atoms with Crippen LogP contribution in [0.15, 0.2) is 23.1 Å². The Kier molecular flexibility index (Phi) is 3.69. The van der Waals surface area contributed by atoms with Crippen LogP contribution in [-0.2, 0) is 14.8 Å². The number of primary amides is 1. The molecule has 0 saturated carbocycles. The molecular formula is C9H12FN3O3S. The zero-order valence-corrected chi connectivity index (χ0v) is 9.79. The number of nitrogen functional groups attached to an aromatic ring is 1. The molecule has 17 heavy (non-hydrogen) atoms. The maximum absolute atomic E-state index is 13.3. The minimum Gasteiger partial charge on any atom is -0.399 e. The summed E-state index contributed by atoms with van der Waals surface area (Å²) in [5.41, 5.74) is 10.4. The highest BCUT2D eigenvalue weighted by atomic mass is 32.2. The van der Waals surface area contributed by atoms with Gasteiger partial charge in [0.1, 0.15) is 10.7 Å². The van der Waals surface area contributed by atoms with Crippen molar-refractivity contribution in [1.29, 1.82) is 0 Å². The predicted octanol–water partition coefficient (Wildman–Crippen LogP) is -0.440. The molecule has 6 nitrogen and oxygen atoms in total. The van der Waals surface area contributed by atoms with Crippen LogP contribution < -0.4 is 16.2 Å². The summed E-state index contributed by atoms with van der Waals surface area (Å²) in [6, 6.07) is 1.98. The van der Waals surface area contributed by atoms with E-state index < -0.39 is 32.7 Å². The van der Waals surface area contributed by atoms with Crippen LogP contribution in [0.3, 0.4) is 0 Å². The van der Waals surface area contributed by atoms with Crippen LogP contribution in [0.2, 0.25) is 0 Å². The van der Waals surface area contributed by atoms with Gasteiger partial charge in [0.2, 0.25) is 15.9 Å². The molecule has 0 heterocycles. The Balaban J connectivity index is 3.13. The van der Waals surface area contributed by atoms with E-state index in [1.807, 2.05) is 4.72 Å². The van der Waals surface area contributed by atoms with Crippen molar-refractivity contribution in [3.63, 3.8) is 0 Å². The summed E-state index contributed by atoms with van der Waals surface area (Å²) in [5.74, 6) is -1.82. The number of nitrogens with one attached hydrogen (secondary N) is 1. The molecule has 1 rings (SSSR count). The third kappa shape index (κ3) is 3.14. The molecule has 0 aliphatic heterocycles. The van der Waals surface area contributed by atoms with Gasteiger partial charge in [0.05, 0.1) is 6.04 Å². The highest BCUT2D eigenvalue weighted by Gasteiger charge is 2.23. The van der Waals surface area contributed by atoms with Crippen LogP contribution in [0.1, 0.15) is 6.92 Å². The van der Waals surface area contributed by atoms with Gasteiger partial charge < -0.3 is 11.5 Å². The van der Waals surface area contributed by atoms with Crippen molar-refractivity contribution in [2.24, 2.45) is 5.73 Å². The number of anilines is 1. The van der Waals surface area contributed by atoms with Crippen molar-refractivity contribution < 1.29 is 17.6 Å². The molecule has 0 aliphatic rings. The smallest absolute Gasteiger partial charge is 0.244 e. The number of amides is 1. The molecule has 1 atom stereocenters. The third-order valence-electron chi connectivity index (χ3n) is 2.00. The standard InChI is InChI=1S/C9H12FN3O3S/c1-5(9(12)14)13-17(15,16)8-4-6(11)2-3-7(8)10/h2-5,13H,11H2,1H3,(H2,12,14). The topological polar surface area (TPSA) is 115 Å². The third-order valence-corrected chi connectivity index (χ3v) is 3.56. The number of sulfonamides is 1. The van der Waals surface area contributed by atoms with E-state index in [4.69, 9.17) is 11.5 Å². The zero-order chi connectivity index (χ0) is 13.2. The second-order valence-corrected chi connectivity index (χ2v) is 5.12. The largest absolute Gasteiger partial charge is 0.399 e. The number of hydrogen-bond acceptors (Lipinski definition) is 4. The number of benzene rings is 1. The highest BCUT2D eigenvalue weighted by molar-refractivity contribution is 7.89. The van der Waals surface area contributed by atoms with Crippen LogP contribution in [0.5, 0.6) is 0 Å². The molecule has 5 N–H and O–H groups in total. The van der Waals surface area contributed by atoms with Crippen LogP contribution in [0.25, 0.3) is 0 Å². The average Bonchev–Trinajstić information content (AvgIpc) is 2.20. The van der Waals surface area contributed by atoms with Gasteiger partial charge in [-0.2, -0.15) is 4.72 Å². The molecule has 0 saturated heterocycles. The summed E-state index contributed by atoms with van der Waals surface area (Å²) >= 11 is 0. The Bertz CT molecular complexity index is 544. The van der Waals surface area contributed by atoms with Crippen LogP contribution >= 0.6 is 0 Å². The summed E-state index contributed by atoms with van der Waals surface area (Å²) in [6.45, 7) is 1.25. The Morgan fingerprint density at radius 2 is 2.06 bits per heavy atom. The summed E-state index contributed by atoms with van der Waals surface area (Å²) in [7, 11) is -4.16. The fraction of sp³-hybridized carbons (Fsp3) is 0.222. The highest BCUT2D eigenvalue weighted by Crippen LogP contribution is 2.17. The van der Waals surface area contributed by atoms with E-state index in [1.54, 1.807) is 0 Å². The van der Waals surface area contributed by atoms with E-state index >= 15 is 0 Å². The molecule has 0 spiro atoms. The van der Waals surface area contributed by atoms with Crippen LogP contribution in [-0.4, -0.2) is 20.4 Å². The Hall–Kier alpha value is -1.67. The average molecular weight is 261 g/mol. The SMILES string of the molecule is CC(NS(=O)(=O)c1cc(N)ccc1F)C(N)=O. The molecule has 1 unspecified atom stereocenters. The maximum Gasteiger partial charge on any atom is 0.244 e. The minimum absolute atomic E-state index is 0.0958. The molecule has 8 heteroatoms. The van der Waals surface area contributed by atoms with E-state index in [0.717, 1.165) is 12.1 Å². The molecule has 0 fully saturated rings. The van der Waals surface area contributed by atoms with Gasteiger partial charge in [-0.25, -0.2) is 12.8 Å². The van der Waals surface area contributed by atoms with E-state index in [1.165, 1.54) is 13.0 Å². The fourth-order valence-electron chi connectivity index (χ4n) is 1.08. The minimum atomic E-state index is -4.16. The monoisotopic (exact) mass is 261 g/mol. The fourth-order valence-corrected chi connectivity index (χ4v) is 2.40. The predicted molar refractivity (Wildman–Crippen MR) is 59.8 cm³/mol. The summed E-state index contributed by atoms with van der Waals surface area (Å²) in [6.07, 6.45) is 0. The molecule has 0 aliphatic carbocycles. The van der Waals surface area contributed by atoms with Gasteiger partial charge in [0.15, 0.2) is 0 Å². The van der Waals surface area contributed by atoms with Crippen molar-refractivity contribution in [1.82, 2.24) is 4.72 Å². The quantitative estimate of drug-likeness (QED) is 0.637. The van der Waals surface area contributed by atoms with Crippen molar-refractivity contribution in [3.8, 4) is 0 Å². The molecule has 0 aromatic heterocycles. The Morgan fingerprint density at radius 1 is 1.47 bits per heavy atom. The number of nitrogens with two attached hydrogens (primary N) is 2. The van der Waals surface area contributed by atoms with Gasteiger partial charge in [0, 0.05) is 5.69 Å². The second kappa shape index (κ2) is 4.68. The van der Waals surface area contributed by atoms with Crippen molar-refractivity contribution in [3.05, 3.63) is 24.0 Å². The second-order valence-electron chi connectivity index (χ2n) is 3.44. The van der Waals surface area contributed by atoms with Gasteiger partial charge in [-0.3, -0.25) is 4.79 Å². The number of carbonyl (C=O) groups is 1. The van der Waals surface area contributed by atoms with E-state index in [-0.39, 0.29) is 5.69 Å². The first-order valence-corrected chi connectivity index (χ1v) is 6.09. The lowest BCUT2D eigenvalue weighted by Gasteiger charge is -2.11. The first-order valence-electron chi connectivity index (χ1n) is 4.60. The van der Waals surface area contributed by atoms with E-state index in [9.17, 15) is 17.6 Å². The van der Waals surface area contributed by atoms with Gasteiger partial charge in [-0.1, -0.05) is 0 Å². The number of rotatable bonds is 4. The maximum atomic E-state index is 13.3. The van der Waals surface area contributed by atoms with Crippen LogP contribution in [0.4, 0.5) is 10.1 Å². The van der Waals surface area contributed by atoms with Crippen molar-refractivity contribution >= 4 is 21.6 Å². The molecule has 0 bridgehead atoms. The van der Waals surface area contributed by atoms with Gasteiger partial charge in [-0.05, 0) is 25.1 Å². The summed E-state index contributed by atoms with van der Waals surface area (Å²) < 4.78 is 38.7. The Morgan fingerprint density at radius 3 is 2.59 bits per heavy atom. The zero-order valence-electron chi connectivity index (χ0n) is 8.98. The first kappa shape index (κ1) is 13.4. The Labute approximate surface area is 97.8 Å². The molecule has 0 radical (unpaired) electrons. The van der Waals surface area contributed by atoms with Gasteiger partial charge in [0.25, 0.3) is 0 Å². The lowest BCUT2D eigenvalue weighted by Crippen LogP contribution is -2.42. The lowest BCUT2D eigenvalue weighted by atomic mass is 10.3. The van der Waals surface area contributed by atoms with Crippen LogP contribution in [0, 0.1) is 5.82 Å². The molecule has 94 valence electrons. The number of halogens is 1.